The summed E-state index contributed by atoms with van der Waals surface area (Å²) < 4.78 is 11.5. The highest BCUT2D eigenvalue weighted by molar-refractivity contribution is 5.35. The first-order valence-corrected chi connectivity index (χ1v) is 5.67. The summed E-state index contributed by atoms with van der Waals surface area (Å²) >= 11 is 0. The molecule has 2 atom stereocenters. The van der Waals surface area contributed by atoms with Crippen LogP contribution in [0.1, 0.15) is 12.5 Å². The second-order valence-corrected chi connectivity index (χ2v) is 4.04. The van der Waals surface area contributed by atoms with E-state index in [1.54, 1.807) is 0 Å². The summed E-state index contributed by atoms with van der Waals surface area (Å²) in [6.45, 7) is 8.50. The molecule has 3 nitrogen and oxygen atoms in total. The zero-order valence-electron chi connectivity index (χ0n) is 9.61. The maximum Gasteiger partial charge on any atom is 0.123 e. The van der Waals surface area contributed by atoms with Crippen molar-refractivity contribution < 1.29 is 9.47 Å². The van der Waals surface area contributed by atoms with E-state index in [2.05, 4.69) is 12.2 Å². The number of hydrogen-bond acceptors (Lipinski definition) is 3. The molecule has 0 aliphatic carbocycles. The minimum atomic E-state index is 0.0377. The highest BCUT2D eigenvalue weighted by atomic mass is 16.5. The van der Waals surface area contributed by atoms with Gasteiger partial charge in [0.25, 0.3) is 0 Å². The van der Waals surface area contributed by atoms with Gasteiger partial charge in [0.15, 0.2) is 0 Å². The maximum absolute atomic E-state index is 5.86. The van der Waals surface area contributed by atoms with E-state index in [1.165, 1.54) is 0 Å². The van der Waals surface area contributed by atoms with Crippen LogP contribution < -0.4 is 10.1 Å². The summed E-state index contributed by atoms with van der Waals surface area (Å²) in [7, 11) is 0. The van der Waals surface area contributed by atoms with Gasteiger partial charge in [-0.3, -0.25) is 0 Å². The third-order valence-corrected chi connectivity index (χ3v) is 2.77. The Morgan fingerprint density at radius 3 is 3.00 bits per heavy atom. The molecule has 1 fully saturated rings. The molecule has 0 aromatic heterocycles. The second kappa shape index (κ2) is 5.32. The Morgan fingerprint density at radius 1 is 1.50 bits per heavy atom. The van der Waals surface area contributed by atoms with Crippen molar-refractivity contribution >= 4 is 0 Å². The Kier molecular flexibility index (Phi) is 3.80. The number of ether oxygens (including phenoxy) is 2. The van der Waals surface area contributed by atoms with Crippen LogP contribution >= 0.6 is 0 Å². The van der Waals surface area contributed by atoms with Crippen molar-refractivity contribution in [2.24, 2.45) is 0 Å². The molecule has 1 N–H and O–H groups in total. The number of nitrogens with one attached hydrogen (secondary N) is 1. The van der Waals surface area contributed by atoms with E-state index < -0.39 is 0 Å². The Balaban J connectivity index is 1.96. The molecule has 1 radical (unpaired) electrons. The molecule has 1 aliphatic heterocycles. The first-order valence-electron chi connectivity index (χ1n) is 5.67. The fraction of sp³-hybridized carbons (Fsp3) is 0.462. The SMILES string of the molecule is [CH2]c1ccccc1OC(C)C1CNCCO1. The highest BCUT2D eigenvalue weighted by Crippen LogP contribution is 2.19. The molecule has 1 aliphatic rings. The standard InChI is InChI=1S/C13H18NO2/c1-10-5-3-4-6-12(10)16-11(2)13-9-14-7-8-15-13/h3-6,11,13-14H,1,7-9H2,2H3. The predicted molar refractivity (Wildman–Crippen MR) is 63.6 cm³/mol. The van der Waals surface area contributed by atoms with E-state index in [-0.39, 0.29) is 12.2 Å². The van der Waals surface area contributed by atoms with Crippen LogP contribution in [0.3, 0.4) is 0 Å². The normalized spacial score (nSPS) is 22.8. The number of benzene rings is 1. The minimum absolute atomic E-state index is 0.0377. The van der Waals surface area contributed by atoms with E-state index >= 15 is 0 Å². The van der Waals surface area contributed by atoms with Gasteiger partial charge in [-0.1, -0.05) is 18.2 Å². The summed E-state index contributed by atoms with van der Waals surface area (Å²) in [5.41, 5.74) is 0.915. The molecule has 0 saturated carbocycles. The predicted octanol–water partition coefficient (Wildman–Crippen LogP) is 1.62. The number of morpholine rings is 1. The second-order valence-electron chi connectivity index (χ2n) is 4.04. The topological polar surface area (TPSA) is 30.5 Å². The summed E-state index contributed by atoms with van der Waals surface area (Å²) in [5, 5.41) is 3.30. The van der Waals surface area contributed by atoms with Crippen LogP contribution in [-0.4, -0.2) is 31.9 Å². The lowest BCUT2D eigenvalue weighted by molar-refractivity contribution is -0.0351. The number of para-hydroxylation sites is 1. The first-order chi connectivity index (χ1) is 7.77. The molecule has 1 saturated heterocycles. The zero-order chi connectivity index (χ0) is 11.4. The average molecular weight is 220 g/mol. The molecule has 16 heavy (non-hydrogen) atoms. The van der Waals surface area contributed by atoms with Gasteiger partial charge in [0.05, 0.1) is 6.61 Å². The van der Waals surface area contributed by atoms with Gasteiger partial charge in [-0.15, -0.1) is 0 Å². The third kappa shape index (κ3) is 2.74. The van der Waals surface area contributed by atoms with Crippen molar-refractivity contribution in [1.29, 1.82) is 0 Å². The van der Waals surface area contributed by atoms with Gasteiger partial charge in [-0.05, 0) is 25.5 Å². The molecule has 87 valence electrons. The Bertz CT molecular complexity index is 334. The summed E-state index contributed by atoms with van der Waals surface area (Å²) in [6.07, 6.45) is 0.157. The van der Waals surface area contributed by atoms with Gasteiger partial charge in [-0.25, -0.2) is 0 Å². The smallest absolute Gasteiger partial charge is 0.123 e. The zero-order valence-corrected chi connectivity index (χ0v) is 9.61. The molecule has 2 rings (SSSR count). The van der Waals surface area contributed by atoms with Crippen molar-refractivity contribution in [3.05, 3.63) is 36.8 Å². The van der Waals surface area contributed by atoms with E-state index in [0.29, 0.717) is 0 Å². The largest absolute Gasteiger partial charge is 0.488 e. The van der Waals surface area contributed by atoms with E-state index in [9.17, 15) is 0 Å². The first kappa shape index (κ1) is 11.4. The Hall–Kier alpha value is -1.06. The molecule has 1 aromatic carbocycles. The van der Waals surface area contributed by atoms with Crippen LogP contribution in [-0.2, 0) is 4.74 Å². The lowest BCUT2D eigenvalue weighted by atomic mass is 10.2. The summed E-state index contributed by atoms with van der Waals surface area (Å²) in [5.74, 6) is 0.837. The van der Waals surface area contributed by atoms with Crippen molar-refractivity contribution in [1.82, 2.24) is 5.32 Å². The molecular formula is C13H18NO2. The van der Waals surface area contributed by atoms with E-state index in [0.717, 1.165) is 31.0 Å². The molecular weight excluding hydrogens is 202 g/mol. The summed E-state index contributed by atoms with van der Waals surface area (Å²) in [6, 6.07) is 7.80. The van der Waals surface area contributed by atoms with Crippen LogP contribution in [0.5, 0.6) is 5.75 Å². The van der Waals surface area contributed by atoms with Crippen LogP contribution in [0, 0.1) is 6.92 Å². The van der Waals surface area contributed by atoms with Gasteiger partial charge in [0.1, 0.15) is 18.0 Å². The van der Waals surface area contributed by atoms with Gasteiger partial charge < -0.3 is 14.8 Å². The average Bonchev–Trinajstić information content (AvgIpc) is 2.33. The van der Waals surface area contributed by atoms with Gasteiger partial charge >= 0.3 is 0 Å². The van der Waals surface area contributed by atoms with E-state index in [4.69, 9.17) is 9.47 Å². The van der Waals surface area contributed by atoms with Crippen LogP contribution in [0.4, 0.5) is 0 Å². The minimum Gasteiger partial charge on any atom is -0.488 e. The van der Waals surface area contributed by atoms with Crippen LogP contribution in [0.15, 0.2) is 24.3 Å². The molecule has 3 heteroatoms. The molecule has 1 aromatic rings. The molecule has 0 bridgehead atoms. The number of hydrogen-bond donors (Lipinski definition) is 1. The molecule has 1 heterocycles. The van der Waals surface area contributed by atoms with Crippen LogP contribution in [0.2, 0.25) is 0 Å². The fourth-order valence-corrected chi connectivity index (χ4v) is 1.78. The third-order valence-electron chi connectivity index (χ3n) is 2.77. The monoisotopic (exact) mass is 220 g/mol. The highest BCUT2D eigenvalue weighted by Gasteiger charge is 2.22. The van der Waals surface area contributed by atoms with Crippen molar-refractivity contribution in [3.8, 4) is 5.75 Å². The molecule has 2 unspecified atom stereocenters. The maximum atomic E-state index is 5.86. The van der Waals surface area contributed by atoms with Crippen molar-refractivity contribution in [2.75, 3.05) is 19.7 Å². The van der Waals surface area contributed by atoms with Gasteiger partial charge in [0.2, 0.25) is 0 Å². The molecule has 0 spiro atoms. The number of rotatable bonds is 3. The Labute approximate surface area is 96.8 Å². The fourth-order valence-electron chi connectivity index (χ4n) is 1.78. The van der Waals surface area contributed by atoms with Crippen molar-refractivity contribution in [2.45, 2.75) is 19.1 Å². The van der Waals surface area contributed by atoms with Crippen molar-refractivity contribution in [3.63, 3.8) is 0 Å². The Morgan fingerprint density at radius 2 is 2.31 bits per heavy atom. The lowest BCUT2D eigenvalue weighted by Crippen LogP contribution is -2.46. The lowest BCUT2D eigenvalue weighted by Gasteiger charge is -2.29. The van der Waals surface area contributed by atoms with Gasteiger partial charge in [0, 0.05) is 13.1 Å². The quantitative estimate of drug-likeness (QED) is 0.839. The summed E-state index contributed by atoms with van der Waals surface area (Å²) in [4.78, 5) is 0. The molecule has 0 amide bonds. The van der Waals surface area contributed by atoms with E-state index in [1.807, 2.05) is 31.2 Å². The van der Waals surface area contributed by atoms with Gasteiger partial charge in [-0.2, -0.15) is 0 Å². The van der Waals surface area contributed by atoms with Crippen LogP contribution in [0.25, 0.3) is 0 Å².